The molecular weight excluding hydrogens is 308 g/mol. The second-order valence-corrected chi connectivity index (χ2v) is 7.44. The molecule has 0 aliphatic carbocycles. The zero-order chi connectivity index (χ0) is 15.9. The van der Waals surface area contributed by atoms with Crippen LogP contribution in [-0.4, -0.2) is 56.6 Å². The Morgan fingerprint density at radius 3 is 2.64 bits per heavy atom. The van der Waals surface area contributed by atoms with E-state index >= 15 is 0 Å². The number of sulfonamides is 1. The van der Waals surface area contributed by atoms with Crippen LogP contribution >= 0.6 is 0 Å². The van der Waals surface area contributed by atoms with Crippen LogP contribution in [0.5, 0.6) is 5.75 Å². The first-order valence-electron chi connectivity index (χ1n) is 7.11. The SMILES string of the molecule is CN1C(=O)COc2ccc(S(=O)(=O)N3CCC(O)CC3)cc21. The number of aliphatic hydroxyl groups is 1. The average Bonchev–Trinajstić information content (AvgIpc) is 2.51. The molecule has 7 nitrogen and oxygen atoms in total. The van der Waals surface area contributed by atoms with Gasteiger partial charge in [0, 0.05) is 20.1 Å². The number of piperidine rings is 1. The minimum atomic E-state index is -3.63. The number of rotatable bonds is 2. The highest BCUT2D eigenvalue weighted by Crippen LogP contribution is 2.34. The summed E-state index contributed by atoms with van der Waals surface area (Å²) in [5, 5.41) is 9.50. The highest BCUT2D eigenvalue weighted by molar-refractivity contribution is 7.89. The van der Waals surface area contributed by atoms with Crippen molar-refractivity contribution in [1.82, 2.24) is 4.31 Å². The van der Waals surface area contributed by atoms with Gasteiger partial charge < -0.3 is 14.7 Å². The van der Waals surface area contributed by atoms with Gasteiger partial charge in [-0.1, -0.05) is 0 Å². The summed E-state index contributed by atoms with van der Waals surface area (Å²) in [7, 11) is -2.04. The highest BCUT2D eigenvalue weighted by Gasteiger charge is 2.31. The van der Waals surface area contributed by atoms with Gasteiger partial charge in [0.05, 0.1) is 16.7 Å². The summed E-state index contributed by atoms with van der Waals surface area (Å²) in [6, 6.07) is 4.53. The van der Waals surface area contributed by atoms with E-state index < -0.39 is 16.1 Å². The summed E-state index contributed by atoms with van der Waals surface area (Å²) in [5.74, 6) is 0.276. The molecule has 1 amide bonds. The van der Waals surface area contributed by atoms with Crippen LogP contribution in [0, 0.1) is 0 Å². The summed E-state index contributed by atoms with van der Waals surface area (Å²) in [6.45, 7) is 0.553. The quantitative estimate of drug-likeness (QED) is 0.838. The average molecular weight is 326 g/mol. The zero-order valence-electron chi connectivity index (χ0n) is 12.2. The van der Waals surface area contributed by atoms with Crippen molar-refractivity contribution in [3.8, 4) is 5.75 Å². The largest absolute Gasteiger partial charge is 0.482 e. The van der Waals surface area contributed by atoms with Gasteiger partial charge in [-0.25, -0.2) is 8.42 Å². The summed E-state index contributed by atoms with van der Waals surface area (Å²) < 4.78 is 32.0. The molecule has 0 radical (unpaired) electrons. The predicted molar refractivity (Wildman–Crippen MR) is 79.3 cm³/mol. The lowest BCUT2D eigenvalue weighted by atomic mass is 10.1. The Labute approximate surface area is 129 Å². The maximum absolute atomic E-state index is 12.7. The number of anilines is 1. The molecule has 120 valence electrons. The molecule has 0 unspecified atom stereocenters. The molecule has 1 saturated heterocycles. The normalized spacial score (nSPS) is 20.6. The van der Waals surface area contributed by atoms with E-state index in [9.17, 15) is 18.3 Å². The van der Waals surface area contributed by atoms with E-state index in [-0.39, 0.29) is 17.4 Å². The van der Waals surface area contributed by atoms with Gasteiger partial charge in [-0.15, -0.1) is 0 Å². The van der Waals surface area contributed by atoms with E-state index in [4.69, 9.17) is 4.74 Å². The molecule has 0 saturated carbocycles. The van der Waals surface area contributed by atoms with Crippen LogP contribution in [0.1, 0.15) is 12.8 Å². The number of aliphatic hydroxyl groups excluding tert-OH is 1. The van der Waals surface area contributed by atoms with E-state index in [0.717, 1.165) is 0 Å². The molecule has 1 aromatic carbocycles. The van der Waals surface area contributed by atoms with E-state index in [1.807, 2.05) is 0 Å². The van der Waals surface area contributed by atoms with Gasteiger partial charge in [-0.2, -0.15) is 4.31 Å². The Kier molecular flexibility index (Phi) is 3.84. The van der Waals surface area contributed by atoms with Crippen LogP contribution < -0.4 is 9.64 Å². The lowest BCUT2D eigenvalue weighted by Gasteiger charge is -2.30. The van der Waals surface area contributed by atoms with Gasteiger partial charge in [-0.05, 0) is 31.0 Å². The van der Waals surface area contributed by atoms with Gasteiger partial charge in [0.1, 0.15) is 5.75 Å². The van der Waals surface area contributed by atoms with Gasteiger partial charge in [0.15, 0.2) is 6.61 Å². The van der Waals surface area contributed by atoms with E-state index in [2.05, 4.69) is 0 Å². The minimum absolute atomic E-state index is 0.0421. The number of ether oxygens (including phenoxy) is 1. The standard InChI is InChI=1S/C14H18N2O5S/c1-15-12-8-11(2-3-13(12)21-9-14(15)18)22(19,20)16-6-4-10(17)5-7-16/h2-3,8,10,17H,4-7,9H2,1H3. The molecule has 1 N–H and O–H groups in total. The fourth-order valence-corrected chi connectivity index (χ4v) is 4.13. The zero-order valence-corrected chi connectivity index (χ0v) is 13.0. The van der Waals surface area contributed by atoms with Crippen molar-refractivity contribution in [3.63, 3.8) is 0 Å². The summed E-state index contributed by atoms with van der Waals surface area (Å²) in [4.78, 5) is 13.2. The third kappa shape index (κ3) is 2.57. The Bertz CT molecular complexity index is 695. The lowest BCUT2D eigenvalue weighted by Crippen LogP contribution is -2.40. The van der Waals surface area contributed by atoms with Crippen LogP contribution in [0.15, 0.2) is 23.1 Å². The fraction of sp³-hybridized carbons (Fsp3) is 0.500. The first-order valence-corrected chi connectivity index (χ1v) is 8.55. The number of nitrogens with zero attached hydrogens (tertiary/aromatic N) is 2. The number of amides is 1. The van der Waals surface area contributed by atoms with Crippen molar-refractivity contribution in [3.05, 3.63) is 18.2 Å². The Morgan fingerprint density at radius 1 is 1.27 bits per heavy atom. The third-order valence-electron chi connectivity index (χ3n) is 4.08. The molecule has 2 heterocycles. The monoisotopic (exact) mass is 326 g/mol. The van der Waals surface area contributed by atoms with Gasteiger partial charge in [0.2, 0.25) is 10.0 Å². The van der Waals surface area contributed by atoms with Gasteiger partial charge in [0.25, 0.3) is 5.91 Å². The first kappa shape index (κ1) is 15.3. The van der Waals surface area contributed by atoms with Crippen molar-refractivity contribution < 1.29 is 23.1 Å². The van der Waals surface area contributed by atoms with Gasteiger partial charge in [-0.3, -0.25) is 4.79 Å². The van der Waals surface area contributed by atoms with Crippen LogP contribution in [0.2, 0.25) is 0 Å². The van der Waals surface area contributed by atoms with E-state index in [1.165, 1.54) is 21.3 Å². The number of likely N-dealkylation sites (N-methyl/N-ethyl adjacent to an activating group) is 1. The van der Waals surface area contributed by atoms with Gasteiger partial charge >= 0.3 is 0 Å². The summed E-state index contributed by atoms with van der Waals surface area (Å²) >= 11 is 0. The second kappa shape index (κ2) is 5.53. The first-order chi connectivity index (χ1) is 10.4. The van der Waals surface area contributed by atoms with Crippen LogP contribution in [0.3, 0.4) is 0 Å². The molecule has 3 rings (SSSR count). The molecule has 22 heavy (non-hydrogen) atoms. The predicted octanol–water partition coefficient (Wildman–Crippen LogP) is 0.187. The number of carbonyl (C=O) groups excluding carboxylic acids is 1. The maximum Gasteiger partial charge on any atom is 0.264 e. The number of fused-ring (bicyclic) bond motifs is 1. The molecule has 0 aromatic heterocycles. The third-order valence-corrected chi connectivity index (χ3v) is 5.97. The van der Waals surface area contributed by atoms with E-state index in [0.29, 0.717) is 37.4 Å². The van der Waals surface area contributed by atoms with Crippen LogP contribution in [-0.2, 0) is 14.8 Å². The maximum atomic E-state index is 12.7. The highest BCUT2D eigenvalue weighted by atomic mass is 32.2. The summed E-state index contributed by atoms with van der Waals surface area (Å²) in [6.07, 6.45) is 0.435. The fourth-order valence-electron chi connectivity index (χ4n) is 2.64. The smallest absolute Gasteiger partial charge is 0.264 e. The van der Waals surface area contributed by atoms with Crippen LogP contribution in [0.4, 0.5) is 5.69 Å². The lowest BCUT2D eigenvalue weighted by molar-refractivity contribution is -0.120. The van der Waals surface area contributed by atoms with Crippen molar-refractivity contribution in [1.29, 1.82) is 0 Å². The number of hydrogen-bond acceptors (Lipinski definition) is 5. The Morgan fingerprint density at radius 2 is 1.95 bits per heavy atom. The van der Waals surface area contributed by atoms with Crippen molar-refractivity contribution in [2.75, 3.05) is 31.6 Å². The molecule has 8 heteroatoms. The summed E-state index contributed by atoms with van der Waals surface area (Å²) in [5.41, 5.74) is 0.453. The number of carbonyl (C=O) groups is 1. The number of benzene rings is 1. The molecule has 2 aliphatic heterocycles. The molecular formula is C14H18N2O5S. The molecule has 1 aromatic rings. The van der Waals surface area contributed by atoms with Crippen molar-refractivity contribution in [2.24, 2.45) is 0 Å². The molecule has 0 bridgehead atoms. The Balaban J connectivity index is 1.93. The number of hydrogen-bond donors (Lipinski definition) is 1. The Hall–Kier alpha value is -1.64. The van der Waals surface area contributed by atoms with Crippen molar-refractivity contribution in [2.45, 2.75) is 23.8 Å². The van der Waals surface area contributed by atoms with E-state index in [1.54, 1.807) is 13.1 Å². The molecule has 0 spiro atoms. The van der Waals surface area contributed by atoms with Crippen LogP contribution in [0.25, 0.3) is 0 Å². The molecule has 0 atom stereocenters. The van der Waals surface area contributed by atoms with Crippen molar-refractivity contribution >= 4 is 21.6 Å². The topological polar surface area (TPSA) is 87.2 Å². The molecule has 1 fully saturated rings. The second-order valence-electron chi connectivity index (χ2n) is 5.51. The molecule has 2 aliphatic rings. The minimum Gasteiger partial charge on any atom is -0.482 e.